The Bertz CT molecular complexity index is 4340. The number of aromatic nitrogens is 10. The molecule has 4 aliphatic rings. The van der Waals surface area contributed by atoms with Crippen molar-refractivity contribution in [2.24, 2.45) is 0 Å². The maximum atomic E-state index is 16.6. The van der Waals surface area contributed by atoms with E-state index < -0.39 is 123 Å². The third kappa shape index (κ3) is 15.1. The summed E-state index contributed by atoms with van der Waals surface area (Å²) in [6.45, 7) is 7.49. The summed E-state index contributed by atoms with van der Waals surface area (Å²) in [5, 5.41) is 23.0. The van der Waals surface area contributed by atoms with E-state index in [9.17, 15) is 38.6 Å². The van der Waals surface area contributed by atoms with E-state index in [1.807, 2.05) is 0 Å². The number of nitrogens with one attached hydrogen (secondary N) is 1. The standard InChI is InChI=1S/C41H42F2N10O10P2S.C20H19FN5O6P/c1-4-16-50(38(55)24-12-8-6-9-13-24)34-30-36(46-20-44-34)52(22-48-30)40-28(42)32(62-64(57)58)27(61-40)19-59-65(3,66)63-33-26(18-54)60-41(29(33)43)53-23-49-31-35(45-21-47-37(31)53)51(17-5-2)39(56)25-14-10-7-11-15-25;1-2-8-25(19(28)12-6-4-3-5-7-12)17-15-18(23-10-22-17)26(11-24-15)20-14(21)16(32-33(29)30)13(9-27)31-20/h4-15,20-22,26-29,32-33,40-41,49,54H,1-2,16-19,23H2,3H3;2-7,10-11,13-14,16,20,27H,1,8-9H2/p+2/t26-,27-,28-,29-,32-,33-,40-,41?,65?;13-,14-,16-,20?/m11/s1. The number of benzene rings is 3. The summed E-state index contributed by atoms with van der Waals surface area (Å²) in [6.07, 6.45) is -7.94. The first-order valence-corrected chi connectivity index (χ1v) is 35.5. The van der Waals surface area contributed by atoms with Gasteiger partial charge in [-0.25, -0.2) is 53.0 Å². The number of hydrogen-bond donors (Lipinski definition) is 5. The van der Waals surface area contributed by atoms with Gasteiger partial charge in [-0.2, -0.15) is 0 Å². The van der Waals surface area contributed by atoms with Gasteiger partial charge in [-0.3, -0.25) is 38.2 Å². The second kappa shape index (κ2) is 31.6. The number of alkyl halides is 3. The Kier molecular flexibility index (Phi) is 22.9. The molecule has 12 rings (SSSR count). The van der Waals surface area contributed by atoms with Crippen LogP contribution in [0.15, 0.2) is 161 Å². The van der Waals surface area contributed by atoms with Crippen molar-refractivity contribution in [2.75, 3.05) is 77.7 Å². The van der Waals surface area contributed by atoms with E-state index in [0.29, 0.717) is 22.4 Å². The van der Waals surface area contributed by atoms with Crippen molar-refractivity contribution in [1.82, 2.24) is 49.0 Å². The zero-order valence-corrected chi connectivity index (χ0v) is 55.6. The van der Waals surface area contributed by atoms with Gasteiger partial charge in [0.05, 0.1) is 39.1 Å². The number of fused-ring (bicyclic) bond motifs is 3. The van der Waals surface area contributed by atoms with Gasteiger partial charge in [0.15, 0.2) is 101 Å². The van der Waals surface area contributed by atoms with E-state index >= 15 is 13.2 Å². The van der Waals surface area contributed by atoms with Gasteiger partial charge in [-0.15, -0.1) is 38.6 Å². The third-order valence-electron chi connectivity index (χ3n) is 15.9. The van der Waals surface area contributed by atoms with Gasteiger partial charge in [0.25, 0.3) is 17.7 Å². The van der Waals surface area contributed by atoms with Gasteiger partial charge in [0, 0.05) is 52.1 Å². The number of halogens is 3. The number of rotatable bonds is 26. The topological polar surface area (TPSA) is 369 Å². The molecular weight excluding hydrogens is 1380 g/mol. The zero-order chi connectivity index (χ0) is 70.2. The second-order valence-electron chi connectivity index (χ2n) is 22.1. The second-order valence-corrected chi connectivity index (χ2v) is 27.5. The van der Waals surface area contributed by atoms with Gasteiger partial charge in [0.1, 0.15) is 49.1 Å². The number of aliphatic hydroxyl groups is 2. The lowest BCUT2D eigenvalue weighted by Crippen LogP contribution is -2.42. The molecule has 0 bridgehead atoms. The molecule has 518 valence electrons. The molecule has 31 nitrogen and oxygen atoms in total. The average molecular weight is 1440 g/mol. The summed E-state index contributed by atoms with van der Waals surface area (Å²) < 4.78 is 113. The van der Waals surface area contributed by atoms with Gasteiger partial charge in [0.2, 0.25) is 0 Å². The highest BCUT2D eigenvalue weighted by atomic mass is 32.5. The fraction of sp³-hybridized carbons (Fsp3) is 0.328. The summed E-state index contributed by atoms with van der Waals surface area (Å²) in [4.78, 5) is 98.9. The number of ether oxygens (including phenoxy) is 3. The molecule has 3 amide bonds. The van der Waals surface area contributed by atoms with Crippen LogP contribution in [0.25, 0.3) is 22.3 Å². The Balaban J connectivity index is 0.000000250. The lowest BCUT2D eigenvalue weighted by Gasteiger charge is -2.28. The molecule has 0 radical (unpaired) electrons. The molecular formula is C61H63F3N15O16P3S+2. The Morgan fingerprint density at radius 2 is 1.00 bits per heavy atom. The number of imidazole rings is 2. The molecule has 3 aromatic carbocycles. The maximum Gasteiger partial charge on any atom is 0.695 e. The van der Waals surface area contributed by atoms with E-state index in [1.165, 1.54) is 79.2 Å². The molecule has 5 unspecified atom stereocenters. The minimum absolute atomic E-state index is 0.0211. The minimum atomic E-state index is -3.52. The largest absolute Gasteiger partial charge is 0.695 e. The number of nitrogens with zero attached hydrogens (tertiary/aromatic N) is 14. The van der Waals surface area contributed by atoms with Crippen LogP contribution >= 0.6 is 23.0 Å². The third-order valence-corrected chi connectivity index (χ3v) is 18.6. The summed E-state index contributed by atoms with van der Waals surface area (Å²) in [5.41, 5.74) is 2.09. The number of amides is 3. The summed E-state index contributed by atoms with van der Waals surface area (Å²) >= 11 is 5.69. The molecule has 9 heterocycles. The molecule has 5 aromatic heterocycles. The van der Waals surface area contributed by atoms with Crippen LogP contribution < -0.4 is 24.9 Å². The fourth-order valence-corrected chi connectivity index (χ4v) is 14.1. The molecule has 0 saturated carbocycles. The fourth-order valence-electron chi connectivity index (χ4n) is 11.5. The van der Waals surface area contributed by atoms with Crippen molar-refractivity contribution in [3.63, 3.8) is 0 Å². The van der Waals surface area contributed by atoms with Crippen molar-refractivity contribution in [3.05, 3.63) is 177 Å². The van der Waals surface area contributed by atoms with Crippen LogP contribution in [0.1, 0.15) is 43.5 Å². The monoisotopic (exact) mass is 1440 g/mol. The summed E-state index contributed by atoms with van der Waals surface area (Å²) in [6, 6.07) is 25.6. The molecule has 38 heteroatoms. The molecule has 3 fully saturated rings. The Labute approximate surface area is 568 Å². The highest BCUT2D eigenvalue weighted by molar-refractivity contribution is 8.09. The van der Waals surface area contributed by atoms with Crippen molar-refractivity contribution in [2.45, 2.75) is 73.8 Å². The molecule has 4 aliphatic heterocycles. The van der Waals surface area contributed by atoms with Gasteiger partial charge in [-0.05, 0) is 48.2 Å². The highest BCUT2D eigenvalue weighted by Crippen LogP contribution is 2.52. The van der Waals surface area contributed by atoms with Gasteiger partial charge < -0.3 is 43.7 Å². The zero-order valence-electron chi connectivity index (χ0n) is 52.1. The van der Waals surface area contributed by atoms with Gasteiger partial charge >= 0.3 is 16.5 Å². The number of hydrogen-bond acceptors (Lipinski definition) is 25. The van der Waals surface area contributed by atoms with Crippen molar-refractivity contribution in [3.8, 4) is 0 Å². The van der Waals surface area contributed by atoms with E-state index in [4.69, 9.17) is 49.0 Å². The number of aliphatic hydroxyl groups excluding tert-OH is 2. The smallest absolute Gasteiger partial charge is 0.394 e. The van der Waals surface area contributed by atoms with Crippen LogP contribution in [0, 0.1) is 0 Å². The highest BCUT2D eigenvalue weighted by Gasteiger charge is 2.55. The van der Waals surface area contributed by atoms with E-state index in [0.717, 1.165) is 0 Å². The first-order valence-electron chi connectivity index (χ1n) is 30.1. The Morgan fingerprint density at radius 3 is 1.44 bits per heavy atom. The molecule has 5 N–H and O–H groups in total. The normalized spacial score (nSPS) is 24.1. The maximum absolute atomic E-state index is 16.6. The molecule has 3 saturated heterocycles. The lowest BCUT2D eigenvalue weighted by molar-refractivity contribution is -0.0436. The van der Waals surface area contributed by atoms with Crippen LogP contribution in [-0.2, 0) is 53.2 Å². The minimum Gasteiger partial charge on any atom is -0.394 e. The van der Waals surface area contributed by atoms with Crippen LogP contribution in [0.5, 0.6) is 0 Å². The average Bonchev–Trinajstić information content (AvgIpc) is 1.48. The molecule has 0 aliphatic carbocycles. The van der Waals surface area contributed by atoms with E-state index in [-0.39, 0.29) is 83.7 Å². The van der Waals surface area contributed by atoms with Crippen LogP contribution in [0.4, 0.5) is 42.1 Å². The molecule has 99 heavy (non-hydrogen) atoms. The first kappa shape index (κ1) is 71.6. The molecule has 0 spiro atoms. The number of anilines is 5. The van der Waals surface area contributed by atoms with E-state index in [2.05, 4.69) is 64.9 Å². The van der Waals surface area contributed by atoms with Crippen molar-refractivity contribution < 1.29 is 89.0 Å². The number of carbonyl (C=O) groups excluding carboxylic acids is 3. The lowest BCUT2D eigenvalue weighted by atomic mass is 10.1. The quantitative estimate of drug-likeness (QED) is 0.0276. The summed E-state index contributed by atoms with van der Waals surface area (Å²) in [5.74, 6) is -0.370. The molecule has 15 atom stereocenters. The first-order chi connectivity index (χ1) is 47.8. The van der Waals surface area contributed by atoms with Crippen LogP contribution in [0.3, 0.4) is 0 Å². The van der Waals surface area contributed by atoms with Gasteiger partial charge in [-0.1, -0.05) is 72.8 Å². The predicted molar refractivity (Wildman–Crippen MR) is 354 cm³/mol. The van der Waals surface area contributed by atoms with Crippen molar-refractivity contribution in [1.29, 1.82) is 0 Å². The Morgan fingerprint density at radius 1 is 0.606 bits per heavy atom. The Hall–Kier alpha value is -8.73. The number of carbonyl (C=O) groups is 3. The summed E-state index contributed by atoms with van der Waals surface area (Å²) in [7, 11) is -6.47. The van der Waals surface area contributed by atoms with Crippen LogP contribution in [-0.4, -0.2) is 201 Å². The van der Waals surface area contributed by atoms with Crippen LogP contribution in [0.2, 0.25) is 0 Å². The molecule has 8 aromatic rings. The predicted octanol–water partition coefficient (Wildman–Crippen LogP) is 6.76. The SMILES string of the molecule is C=CCN(C(=O)c1ccccc1)c1ncnc2c1NCN2C1O[C@H](CO)[C@@H](OP(C)(=S)OC[C@H]2O[C@@H](n3cnc4c(N(CC=C)C(=O)c5ccccc5)ncnc43)[C@H](F)[C@@H]2O[P+](=O)O)[C@H]1F.C=CCN(C(=O)c1ccccc1)c1ncnc2c1ncn2C1O[C@H](CO)[C@@H](O[P+](=O)O)[C@H]1F. The van der Waals surface area contributed by atoms with E-state index in [1.54, 1.807) is 97.1 Å². The van der Waals surface area contributed by atoms with Crippen molar-refractivity contribution >= 4 is 104 Å².